The van der Waals surface area contributed by atoms with Crippen LogP contribution in [0.4, 0.5) is 4.39 Å². The summed E-state index contributed by atoms with van der Waals surface area (Å²) < 4.78 is 18.5. The minimum absolute atomic E-state index is 0.260. The van der Waals surface area contributed by atoms with E-state index in [-0.39, 0.29) is 5.82 Å². The van der Waals surface area contributed by atoms with Gasteiger partial charge in [0.05, 0.1) is 12.4 Å². The second kappa shape index (κ2) is 5.64. The van der Waals surface area contributed by atoms with Crippen molar-refractivity contribution in [2.75, 3.05) is 0 Å². The molecule has 1 atom stereocenters. The average Bonchev–Trinajstić information content (AvgIpc) is 2.82. The Hall–Kier alpha value is -1.61. The number of halogens is 1. The van der Waals surface area contributed by atoms with Gasteiger partial charge in [-0.05, 0) is 30.2 Å². The molecular formula is C14H15FO2. The molecule has 1 aromatic carbocycles. The molecular weight excluding hydrogens is 219 g/mol. The van der Waals surface area contributed by atoms with Crippen molar-refractivity contribution in [2.24, 2.45) is 0 Å². The molecule has 17 heavy (non-hydrogen) atoms. The molecule has 1 N–H and O–H groups in total. The Labute approximate surface area is 99.7 Å². The number of aliphatic hydroxyl groups excluding tert-OH is 1. The van der Waals surface area contributed by atoms with Crippen LogP contribution in [0.25, 0.3) is 0 Å². The number of benzene rings is 1. The fourth-order valence-corrected chi connectivity index (χ4v) is 1.78. The monoisotopic (exact) mass is 234 g/mol. The van der Waals surface area contributed by atoms with Crippen molar-refractivity contribution in [3.63, 3.8) is 0 Å². The Morgan fingerprint density at radius 1 is 1.18 bits per heavy atom. The zero-order valence-corrected chi connectivity index (χ0v) is 9.47. The van der Waals surface area contributed by atoms with Gasteiger partial charge in [-0.25, -0.2) is 4.39 Å². The van der Waals surface area contributed by atoms with Crippen LogP contribution in [-0.2, 0) is 12.8 Å². The third kappa shape index (κ3) is 3.43. The molecule has 0 aliphatic rings. The number of furan rings is 1. The highest BCUT2D eigenvalue weighted by Gasteiger charge is 2.09. The van der Waals surface area contributed by atoms with Gasteiger partial charge in [-0.2, -0.15) is 0 Å². The molecule has 2 nitrogen and oxygen atoms in total. The van der Waals surface area contributed by atoms with Crippen LogP contribution in [-0.4, -0.2) is 11.2 Å². The number of hydrogen-bond acceptors (Lipinski definition) is 2. The maximum absolute atomic E-state index is 13.3. The van der Waals surface area contributed by atoms with E-state index in [1.807, 2.05) is 12.1 Å². The summed E-state index contributed by atoms with van der Waals surface area (Å²) in [7, 11) is 0. The van der Waals surface area contributed by atoms with Crippen molar-refractivity contribution in [3.05, 3.63) is 59.8 Å². The van der Waals surface area contributed by atoms with Crippen LogP contribution in [0.3, 0.4) is 0 Å². The smallest absolute Gasteiger partial charge is 0.126 e. The minimum atomic E-state index is -0.544. The zero-order chi connectivity index (χ0) is 12.1. The molecule has 0 saturated carbocycles. The van der Waals surface area contributed by atoms with E-state index >= 15 is 0 Å². The fraction of sp³-hybridized carbons (Fsp3) is 0.286. The zero-order valence-electron chi connectivity index (χ0n) is 9.47. The molecule has 90 valence electrons. The van der Waals surface area contributed by atoms with Gasteiger partial charge in [-0.3, -0.25) is 0 Å². The largest absolute Gasteiger partial charge is 0.469 e. The van der Waals surface area contributed by atoms with Crippen molar-refractivity contribution in [3.8, 4) is 0 Å². The van der Waals surface area contributed by atoms with Gasteiger partial charge < -0.3 is 9.52 Å². The standard InChI is InChI=1S/C14H15FO2/c15-14-6-2-1-4-11(14)10-12(16)7-8-13-5-3-9-17-13/h1-6,9,12,16H,7-8,10H2. The van der Waals surface area contributed by atoms with Gasteiger partial charge in [0.2, 0.25) is 0 Å². The molecule has 2 aromatic rings. The van der Waals surface area contributed by atoms with Gasteiger partial charge in [-0.15, -0.1) is 0 Å². The highest BCUT2D eigenvalue weighted by molar-refractivity contribution is 5.18. The first-order valence-corrected chi connectivity index (χ1v) is 5.69. The van der Waals surface area contributed by atoms with Gasteiger partial charge in [0.15, 0.2) is 0 Å². The SMILES string of the molecule is OC(CCc1ccco1)Cc1ccccc1F. The van der Waals surface area contributed by atoms with Crippen molar-refractivity contribution >= 4 is 0 Å². The first kappa shape index (κ1) is 11.9. The third-order valence-corrected chi connectivity index (χ3v) is 2.72. The van der Waals surface area contributed by atoms with E-state index in [1.54, 1.807) is 24.5 Å². The Kier molecular flexibility index (Phi) is 3.94. The number of rotatable bonds is 5. The van der Waals surface area contributed by atoms with Crippen LogP contribution in [0.15, 0.2) is 47.1 Å². The molecule has 0 amide bonds. The number of aliphatic hydroxyl groups is 1. The molecule has 0 spiro atoms. The molecule has 2 rings (SSSR count). The van der Waals surface area contributed by atoms with Gasteiger partial charge in [0, 0.05) is 12.8 Å². The predicted octanol–water partition coefficient (Wildman–Crippen LogP) is 2.95. The lowest BCUT2D eigenvalue weighted by atomic mass is 10.0. The molecule has 0 aliphatic carbocycles. The van der Waals surface area contributed by atoms with Gasteiger partial charge in [0.25, 0.3) is 0 Å². The van der Waals surface area contributed by atoms with Crippen molar-refractivity contribution in [1.29, 1.82) is 0 Å². The molecule has 1 aromatic heterocycles. The van der Waals surface area contributed by atoms with Crippen LogP contribution in [0.5, 0.6) is 0 Å². The molecule has 1 heterocycles. The quantitative estimate of drug-likeness (QED) is 0.862. The molecule has 0 aliphatic heterocycles. The summed E-state index contributed by atoms with van der Waals surface area (Å²) in [6.07, 6.45) is 2.65. The lowest BCUT2D eigenvalue weighted by Gasteiger charge is -2.10. The fourth-order valence-electron chi connectivity index (χ4n) is 1.78. The molecule has 0 saturated heterocycles. The summed E-state index contributed by atoms with van der Waals surface area (Å²) in [6, 6.07) is 10.2. The Bertz CT molecular complexity index is 451. The summed E-state index contributed by atoms with van der Waals surface area (Å²) in [5.74, 6) is 0.585. The molecule has 0 fully saturated rings. The lowest BCUT2D eigenvalue weighted by molar-refractivity contribution is 0.161. The van der Waals surface area contributed by atoms with Crippen LogP contribution < -0.4 is 0 Å². The Morgan fingerprint density at radius 3 is 2.71 bits per heavy atom. The molecule has 1 unspecified atom stereocenters. The van der Waals surface area contributed by atoms with E-state index in [1.165, 1.54) is 6.07 Å². The van der Waals surface area contributed by atoms with Crippen molar-refractivity contribution in [2.45, 2.75) is 25.4 Å². The van der Waals surface area contributed by atoms with Gasteiger partial charge in [0.1, 0.15) is 11.6 Å². The van der Waals surface area contributed by atoms with Crippen molar-refractivity contribution < 1.29 is 13.9 Å². The van der Waals surface area contributed by atoms with Crippen LogP contribution in [0.1, 0.15) is 17.7 Å². The van der Waals surface area contributed by atoms with Crippen molar-refractivity contribution in [1.82, 2.24) is 0 Å². The first-order valence-electron chi connectivity index (χ1n) is 5.69. The van der Waals surface area contributed by atoms with E-state index in [0.29, 0.717) is 24.8 Å². The number of aryl methyl sites for hydroxylation is 1. The first-order chi connectivity index (χ1) is 8.25. The predicted molar refractivity (Wildman–Crippen MR) is 63.1 cm³/mol. The van der Waals surface area contributed by atoms with E-state index in [4.69, 9.17) is 4.42 Å². The highest BCUT2D eigenvalue weighted by Crippen LogP contribution is 2.13. The van der Waals surface area contributed by atoms with Crippen LogP contribution >= 0.6 is 0 Å². The lowest BCUT2D eigenvalue weighted by Crippen LogP contribution is -2.12. The maximum atomic E-state index is 13.3. The molecule has 3 heteroatoms. The van der Waals surface area contributed by atoms with E-state index in [9.17, 15) is 9.50 Å². The summed E-state index contributed by atoms with van der Waals surface area (Å²) >= 11 is 0. The van der Waals surface area contributed by atoms with Gasteiger partial charge in [-0.1, -0.05) is 18.2 Å². The summed E-state index contributed by atoms with van der Waals surface area (Å²) in [6.45, 7) is 0. The summed E-state index contributed by atoms with van der Waals surface area (Å²) in [5.41, 5.74) is 0.555. The second-order valence-electron chi connectivity index (χ2n) is 4.07. The maximum Gasteiger partial charge on any atom is 0.126 e. The van der Waals surface area contributed by atoms with E-state index in [0.717, 1.165) is 5.76 Å². The minimum Gasteiger partial charge on any atom is -0.469 e. The van der Waals surface area contributed by atoms with E-state index in [2.05, 4.69) is 0 Å². The molecule has 0 radical (unpaired) electrons. The number of hydrogen-bond donors (Lipinski definition) is 1. The Morgan fingerprint density at radius 2 is 2.00 bits per heavy atom. The normalized spacial score (nSPS) is 12.6. The highest BCUT2D eigenvalue weighted by atomic mass is 19.1. The third-order valence-electron chi connectivity index (χ3n) is 2.72. The van der Waals surface area contributed by atoms with E-state index < -0.39 is 6.10 Å². The second-order valence-corrected chi connectivity index (χ2v) is 4.07. The summed E-state index contributed by atoms with van der Waals surface area (Å²) in [4.78, 5) is 0. The molecule has 0 bridgehead atoms. The topological polar surface area (TPSA) is 33.4 Å². The summed E-state index contributed by atoms with van der Waals surface area (Å²) in [5, 5.41) is 9.82. The Balaban J connectivity index is 1.85. The average molecular weight is 234 g/mol. The van der Waals surface area contributed by atoms with Gasteiger partial charge >= 0.3 is 0 Å². The van der Waals surface area contributed by atoms with Crippen LogP contribution in [0.2, 0.25) is 0 Å². The van der Waals surface area contributed by atoms with Crippen LogP contribution in [0, 0.1) is 5.82 Å².